The summed E-state index contributed by atoms with van der Waals surface area (Å²) in [5.74, 6) is 0.835. The number of likely N-dealkylation sites (tertiary alicyclic amines) is 1. The van der Waals surface area contributed by atoms with Gasteiger partial charge in [-0.1, -0.05) is 6.92 Å². The van der Waals surface area contributed by atoms with Crippen molar-refractivity contribution < 1.29 is 9.59 Å². The summed E-state index contributed by atoms with van der Waals surface area (Å²) in [5.41, 5.74) is 5.56. The van der Waals surface area contributed by atoms with E-state index in [1.54, 1.807) is 19.0 Å². The maximum Gasteiger partial charge on any atom is 0.244 e. The summed E-state index contributed by atoms with van der Waals surface area (Å²) >= 11 is 0. The molecule has 2 fully saturated rings. The van der Waals surface area contributed by atoms with Gasteiger partial charge >= 0.3 is 0 Å². The van der Waals surface area contributed by atoms with E-state index in [0.29, 0.717) is 19.0 Å². The van der Waals surface area contributed by atoms with E-state index in [1.807, 2.05) is 4.90 Å². The molecule has 1 aliphatic carbocycles. The summed E-state index contributed by atoms with van der Waals surface area (Å²) in [7, 11) is 3.51. The Labute approximate surface area is 127 Å². The molecule has 0 aromatic heterocycles. The Bertz CT molecular complexity index is 400. The molecular weight excluding hydrogens is 266 g/mol. The minimum absolute atomic E-state index is 0.0391. The Balaban J connectivity index is 2.15. The molecule has 2 aliphatic rings. The van der Waals surface area contributed by atoms with Crippen LogP contribution in [0.25, 0.3) is 0 Å². The molecule has 21 heavy (non-hydrogen) atoms. The Morgan fingerprint density at radius 3 is 2.38 bits per heavy atom. The fourth-order valence-corrected chi connectivity index (χ4v) is 3.69. The molecule has 1 unspecified atom stereocenters. The molecule has 5 heteroatoms. The third-order valence-corrected chi connectivity index (χ3v) is 5.32. The van der Waals surface area contributed by atoms with Crippen LogP contribution >= 0.6 is 0 Å². The van der Waals surface area contributed by atoms with Crippen LogP contribution in [0.2, 0.25) is 0 Å². The van der Waals surface area contributed by atoms with Gasteiger partial charge in [-0.15, -0.1) is 0 Å². The molecule has 2 rings (SSSR count). The first-order valence-corrected chi connectivity index (χ1v) is 8.13. The zero-order valence-corrected chi connectivity index (χ0v) is 13.6. The molecule has 1 saturated heterocycles. The predicted octanol–water partition coefficient (Wildman–Crippen LogP) is 1.22. The van der Waals surface area contributed by atoms with Crippen molar-refractivity contribution in [2.75, 3.05) is 27.2 Å². The number of likely N-dealkylation sites (N-methyl/N-ethyl adjacent to an activating group) is 1. The Hall–Kier alpha value is -1.10. The average Bonchev–Trinajstić information content (AvgIpc) is 2.96. The summed E-state index contributed by atoms with van der Waals surface area (Å²) in [6.45, 7) is 3.33. The zero-order chi connectivity index (χ0) is 15.6. The standard InChI is InChI=1S/C16H29N3O2/c1-12-6-8-16(11-17,9-7-12)15(21)19-10-4-5-13(19)14(20)18(2)3/h12-13H,4-11,17H2,1-3H3. The van der Waals surface area contributed by atoms with Gasteiger partial charge in [-0.05, 0) is 44.4 Å². The second-order valence-corrected chi connectivity index (χ2v) is 7.06. The van der Waals surface area contributed by atoms with Crippen molar-refractivity contribution >= 4 is 11.8 Å². The van der Waals surface area contributed by atoms with E-state index in [1.165, 1.54) is 0 Å². The smallest absolute Gasteiger partial charge is 0.244 e. The monoisotopic (exact) mass is 295 g/mol. The van der Waals surface area contributed by atoms with Crippen LogP contribution in [0, 0.1) is 11.3 Å². The molecule has 0 radical (unpaired) electrons. The molecule has 1 heterocycles. The minimum atomic E-state index is -0.429. The fourth-order valence-electron chi connectivity index (χ4n) is 3.69. The molecule has 2 N–H and O–H groups in total. The van der Waals surface area contributed by atoms with Crippen molar-refractivity contribution in [1.82, 2.24) is 9.80 Å². The van der Waals surface area contributed by atoms with Crippen LogP contribution in [-0.2, 0) is 9.59 Å². The number of nitrogens with zero attached hydrogens (tertiary/aromatic N) is 2. The molecule has 1 atom stereocenters. The molecule has 0 aromatic rings. The summed E-state index contributed by atoms with van der Waals surface area (Å²) in [5, 5.41) is 0. The van der Waals surface area contributed by atoms with Crippen LogP contribution in [0.4, 0.5) is 0 Å². The molecule has 0 bridgehead atoms. The van der Waals surface area contributed by atoms with Crippen LogP contribution in [0.1, 0.15) is 45.4 Å². The maximum absolute atomic E-state index is 13.1. The van der Waals surface area contributed by atoms with Gasteiger partial charge in [0.15, 0.2) is 0 Å². The lowest BCUT2D eigenvalue weighted by Gasteiger charge is -2.41. The van der Waals surface area contributed by atoms with Gasteiger partial charge in [0.1, 0.15) is 6.04 Å². The first kappa shape index (κ1) is 16.3. The van der Waals surface area contributed by atoms with Gasteiger partial charge in [-0.3, -0.25) is 9.59 Å². The summed E-state index contributed by atoms with van der Waals surface area (Å²) in [6.07, 6.45) is 5.53. The lowest BCUT2D eigenvalue weighted by atomic mass is 9.70. The summed E-state index contributed by atoms with van der Waals surface area (Å²) < 4.78 is 0. The highest BCUT2D eigenvalue weighted by Crippen LogP contribution is 2.41. The molecule has 0 aromatic carbocycles. The Kier molecular flexibility index (Phi) is 4.91. The van der Waals surface area contributed by atoms with Gasteiger partial charge in [-0.25, -0.2) is 0 Å². The zero-order valence-electron chi connectivity index (χ0n) is 13.6. The molecule has 0 spiro atoms. The topological polar surface area (TPSA) is 66.6 Å². The van der Waals surface area contributed by atoms with Crippen LogP contribution in [-0.4, -0.2) is 54.8 Å². The van der Waals surface area contributed by atoms with E-state index in [4.69, 9.17) is 5.73 Å². The van der Waals surface area contributed by atoms with Gasteiger partial charge in [0.25, 0.3) is 0 Å². The van der Waals surface area contributed by atoms with Crippen molar-refractivity contribution in [1.29, 1.82) is 0 Å². The van der Waals surface area contributed by atoms with E-state index < -0.39 is 5.41 Å². The van der Waals surface area contributed by atoms with Gasteiger partial charge in [-0.2, -0.15) is 0 Å². The van der Waals surface area contributed by atoms with Crippen molar-refractivity contribution in [3.63, 3.8) is 0 Å². The fraction of sp³-hybridized carbons (Fsp3) is 0.875. The Morgan fingerprint density at radius 1 is 1.24 bits per heavy atom. The molecule has 5 nitrogen and oxygen atoms in total. The van der Waals surface area contributed by atoms with E-state index in [0.717, 1.165) is 38.5 Å². The van der Waals surface area contributed by atoms with Crippen LogP contribution in [0.5, 0.6) is 0 Å². The predicted molar refractivity (Wildman–Crippen MR) is 82.5 cm³/mol. The molecule has 2 amide bonds. The molecule has 1 aliphatic heterocycles. The third kappa shape index (κ3) is 3.07. The van der Waals surface area contributed by atoms with Crippen molar-refractivity contribution in [2.24, 2.45) is 17.1 Å². The van der Waals surface area contributed by atoms with Gasteiger partial charge in [0.2, 0.25) is 11.8 Å². The largest absolute Gasteiger partial charge is 0.347 e. The quantitative estimate of drug-likeness (QED) is 0.851. The second-order valence-electron chi connectivity index (χ2n) is 7.06. The van der Waals surface area contributed by atoms with Crippen molar-refractivity contribution in [2.45, 2.75) is 51.5 Å². The van der Waals surface area contributed by atoms with E-state index >= 15 is 0 Å². The summed E-state index contributed by atoms with van der Waals surface area (Å²) in [6, 6.07) is -0.282. The maximum atomic E-state index is 13.1. The van der Waals surface area contributed by atoms with E-state index in [-0.39, 0.29) is 17.9 Å². The molecular formula is C16H29N3O2. The highest BCUT2D eigenvalue weighted by molar-refractivity contribution is 5.90. The van der Waals surface area contributed by atoms with Gasteiger partial charge in [0.05, 0.1) is 5.41 Å². The lowest BCUT2D eigenvalue weighted by molar-refractivity contribution is -0.150. The Morgan fingerprint density at radius 2 is 1.86 bits per heavy atom. The van der Waals surface area contributed by atoms with E-state index in [9.17, 15) is 9.59 Å². The van der Waals surface area contributed by atoms with Gasteiger partial charge < -0.3 is 15.5 Å². The van der Waals surface area contributed by atoms with Crippen LogP contribution in [0.15, 0.2) is 0 Å². The number of carbonyl (C=O) groups excluding carboxylic acids is 2. The number of amides is 2. The first-order chi connectivity index (χ1) is 9.91. The van der Waals surface area contributed by atoms with Gasteiger partial charge in [0, 0.05) is 27.2 Å². The number of carbonyl (C=O) groups is 2. The van der Waals surface area contributed by atoms with Crippen molar-refractivity contribution in [3.8, 4) is 0 Å². The normalized spacial score (nSPS) is 33.0. The van der Waals surface area contributed by atoms with Crippen molar-refractivity contribution in [3.05, 3.63) is 0 Å². The number of nitrogens with two attached hydrogens (primary N) is 1. The van der Waals surface area contributed by atoms with Crippen LogP contribution in [0.3, 0.4) is 0 Å². The number of rotatable bonds is 3. The highest BCUT2D eigenvalue weighted by atomic mass is 16.2. The molecule has 120 valence electrons. The lowest BCUT2D eigenvalue weighted by Crippen LogP contribution is -2.54. The summed E-state index contributed by atoms with van der Waals surface area (Å²) in [4.78, 5) is 28.8. The highest BCUT2D eigenvalue weighted by Gasteiger charge is 2.46. The van der Waals surface area contributed by atoms with Crippen LogP contribution < -0.4 is 5.73 Å². The minimum Gasteiger partial charge on any atom is -0.347 e. The first-order valence-electron chi connectivity index (χ1n) is 8.13. The van der Waals surface area contributed by atoms with E-state index in [2.05, 4.69) is 6.92 Å². The third-order valence-electron chi connectivity index (χ3n) is 5.32. The molecule has 1 saturated carbocycles. The SMILES string of the molecule is CC1CCC(CN)(C(=O)N2CCCC2C(=O)N(C)C)CC1. The number of hydrogen-bond acceptors (Lipinski definition) is 3. The number of hydrogen-bond donors (Lipinski definition) is 1. The second kappa shape index (κ2) is 6.34. The average molecular weight is 295 g/mol.